The molecule has 0 aromatic rings. The van der Waals surface area contributed by atoms with Crippen LogP contribution in [0, 0.1) is 0 Å². The summed E-state index contributed by atoms with van der Waals surface area (Å²) in [7, 11) is 1.32. The minimum atomic E-state index is -0.352. The summed E-state index contributed by atoms with van der Waals surface area (Å²) in [6, 6.07) is 0. The van der Waals surface area contributed by atoms with E-state index in [2.05, 4.69) is 66.3 Å². The first kappa shape index (κ1) is 24.6. The summed E-state index contributed by atoms with van der Waals surface area (Å²) in [5.41, 5.74) is 0. The maximum Gasteiger partial charge on any atom is 0.305 e. The molecular formula is C24H34O3. The molecule has 0 radical (unpaired) electrons. The minimum Gasteiger partial charge on any atom is -0.469 e. The average Bonchev–Trinajstić information content (AvgIpc) is 2.68. The van der Waals surface area contributed by atoms with Crippen molar-refractivity contribution in [1.29, 1.82) is 0 Å². The lowest BCUT2D eigenvalue weighted by Crippen LogP contribution is -2.03. The summed E-state index contributed by atoms with van der Waals surface area (Å²) in [6.45, 7) is 2.14. The lowest BCUT2D eigenvalue weighted by atomic mass is 10.2. The molecule has 3 heteroatoms. The number of rotatable bonds is 15. The van der Waals surface area contributed by atoms with E-state index >= 15 is 0 Å². The zero-order valence-corrected chi connectivity index (χ0v) is 16.8. The molecule has 0 aliphatic heterocycles. The molecular weight excluding hydrogens is 336 g/mol. The van der Waals surface area contributed by atoms with Crippen LogP contribution >= 0.6 is 0 Å². The van der Waals surface area contributed by atoms with E-state index in [1.807, 2.05) is 12.2 Å². The fourth-order valence-electron chi connectivity index (χ4n) is 2.04. The average molecular weight is 371 g/mol. The third-order valence-corrected chi connectivity index (χ3v) is 3.54. The summed E-state index contributed by atoms with van der Waals surface area (Å²) in [5, 5.41) is 0. The van der Waals surface area contributed by atoms with E-state index in [4.69, 9.17) is 0 Å². The Hall–Kier alpha value is -2.42. The van der Waals surface area contributed by atoms with Crippen molar-refractivity contribution < 1.29 is 14.3 Å². The Balaban J connectivity index is 3.66. The van der Waals surface area contributed by atoms with Crippen LogP contribution < -0.4 is 0 Å². The van der Waals surface area contributed by atoms with Gasteiger partial charge in [0.1, 0.15) is 0 Å². The molecule has 0 fully saturated rings. The highest BCUT2D eigenvalue weighted by atomic mass is 16.5. The Morgan fingerprint density at radius 1 is 0.630 bits per heavy atom. The van der Waals surface area contributed by atoms with Gasteiger partial charge < -0.3 is 4.74 Å². The first-order chi connectivity index (χ1) is 13.2. The van der Waals surface area contributed by atoms with E-state index in [1.54, 1.807) is 0 Å². The van der Waals surface area contributed by atoms with Crippen LogP contribution in [0.15, 0.2) is 72.9 Å². The smallest absolute Gasteiger partial charge is 0.305 e. The van der Waals surface area contributed by atoms with Crippen LogP contribution in [0.4, 0.5) is 0 Å². The predicted molar refractivity (Wildman–Crippen MR) is 114 cm³/mol. The molecule has 0 saturated carbocycles. The van der Waals surface area contributed by atoms with Crippen LogP contribution in [0.1, 0.15) is 58.3 Å². The van der Waals surface area contributed by atoms with Crippen LogP contribution in [0.3, 0.4) is 0 Å². The van der Waals surface area contributed by atoms with E-state index in [0.29, 0.717) is 0 Å². The van der Waals surface area contributed by atoms with Crippen LogP contribution in [0.25, 0.3) is 0 Å². The van der Waals surface area contributed by atoms with E-state index in [-0.39, 0.29) is 24.6 Å². The Morgan fingerprint density at radius 2 is 1.04 bits per heavy atom. The largest absolute Gasteiger partial charge is 0.469 e. The first-order valence-electron chi connectivity index (χ1n) is 9.71. The van der Waals surface area contributed by atoms with E-state index in [0.717, 1.165) is 38.5 Å². The normalized spacial score (nSPS) is 12.7. The van der Waals surface area contributed by atoms with Gasteiger partial charge in [-0.3, -0.25) is 9.59 Å². The Bertz CT molecular complexity index is 560. The van der Waals surface area contributed by atoms with Crippen molar-refractivity contribution in [2.75, 3.05) is 7.11 Å². The van der Waals surface area contributed by atoms with Gasteiger partial charge in [-0.25, -0.2) is 0 Å². The van der Waals surface area contributed by atoms with Crippen molar-refractivity contribution in [2.45, 2.75) is 58.3 Å². The van der Waals surface area contributed by atoms with Gasteiger partial charge >= 0.3 is 5.97 Å². The predicted octanol–water partition coefficient (Wildman–Crippen LogP) is 6.21. The maximum absolute atomic E-state index is 11.5. The van der Waals surface area contributed by atoms with Crippen LogP contribution in [0.5, 0.6) is 0 Å². The van der Waals surface area contributed by atoms with Gasteiger partial charge in [-0.2, -0.15) is 0 Å². The number of ketones is 1. The quantitative estimate of drug-likeness (QED) is 0.196. The topological polar surface area (TPSA) is 43.4 Å². The highest BCUT2D eigenvalue weighted by Gasteiger charge is 2.03. The minimum absolute atomic E-state index is 0.0484. The molecule has 0 aliphatic carbocycles. The van der Waals surface area contributed by atoms with Gasteiger partial charge in [-0.15, -0.1) is 0 Å². The molecule has 0 unspecified atom stereocenters. The zero-order chi connectivity index (χ0) is 20.0. The number of methoxy groups -OCH3 is 1. The lowest BCUT2D eigenvalue weighted by Gasteiger charge is -1.95. The molecule has 27 heavy (non-hydrogen) atoms. The van der Waals surface area contributed by atoms with Gasteiger partial charge in [0.25, 0.3) is 0 Å². The third-order valence-electron chi connectivity index (χ3n) is 3.54. The summed E-state index contributed by atoms with van der Waals surface area (Å²) in [6.07, 6.45) is 30.9. The summed E-state index contributed by atoms with van der Waals surface area (Å²) in [4.78, 5) is 22.4. The van der Waals surface area contributed by atoms with Gasteiger partial charge in [0.2, 0.25) is 0 Å². The van der Waals surface area contributed by atoms with Crippen molar-refractivity contribution >= 4 is 11.8 Å². The lowest BCUT2D eigenvalue weighted by molar-refractivity contribution is -0.141. The van der Waals surface area contributed by atoms with Crippen molar-refractivity contribution in [1.82, 2.24) is 0 Å². The number of allylic oxidation sites excluding steroid dienone is 12. The second-order valence-corrected chi connectivity index (χ2v) is 5.89. The summed E-state index contributed by atoms with van der Waals surface area (Å²) < 4.78 is 4.50. The van der Waals surface area contributed by atoms with Crippen LogP contribution in [-0.4, -0.2) is 18.9 Å². The first-order valence-corrected chi connectivity index (χ1v) is 9.71. The molecule has 0 heterocycles. The number of esters is 1. The molecule has 0 saturated heterocycles. The SMILES string of the molecule is CC/C=C\C/C=C\C/C=C\C/C=C\C/C=C\C/C=C\C(=O)CCC(=O)OC. The Morgan fingerprint density at radius 3 is 1.44 bits per heavy atom. The van der Waals surface area contributed by atoms with Crippen LogP contribution in [-0.2, 0) is 14.3 Å². The summed E-state index contributed by atoms with van der Waals surface area (Å²) >= 11 is 0. The van der Waals surface area contributed by atoms with Gasteiger partial charge in [-0.1, -0.05) is 73.8 Å². The van der Waals surface area contributed by atoms with E-state index < -0.39 is 0 Å². The molecule has 0 rings (SSSR count). The molecule has 0 amide bonds. The highest BCUT2D eigenvalue weighted by Crippen LogP contribution is 1.98. The molecule has 3 nitrogen and oxygen atoms in total. The number of carbonyl (C=O) groups is 2. The van der Waals surface area contributed by atoms with Gasteiger partial charge in [0, 0.05) is 6.42 Å². The van der Waals surface area contributed by atoms with Gasteiger partial charge in [-0.05, 0) is 44.6 Å². The molecule has 0 aromatic carbocycles. The third kappa shape index (κ3) is 19.7. The van der Waals surface area contributed by atoms with Gasteiger partial charge in [0.15, 0.2) is 5.78 Å². The van der Waals surface area contributed by atoms with Crippen molar-refractivity contribution in [2.24, 2.45) is 0 Å². The van der Waals surface area contributed by atoms with Crippen molar-refractivity contribution in [3.05, 3.63) is 72.9 Å². The molecule has 0 atom stereocenters. The molecule has 0 N–H and O–H groups in total. The highest BCUT2D eigenvalue weighted by molar-refractivity contribution is 5.91. The molecule has 0 aliphatic rings. The zero-order valence-electron chi connectivity index (χ0n) is 16.8. The van der Waals surface area contributed by atoms with Crippen LogP contribution in [0.2, 0.25) is 0 Å². The summed E-state index contributed by atoms with van der Waals surface area (Å²) in [5.74, 6) is -0.401. The van der Waals surface area contributed by atoms with E-state index in [1.165, 1.54) is 13.2 Å². The second-order valence-electron chi connectivity index (χ2n) is 5.89. The second kappa shape index (κ2) is 19.9. The van der Waals surface area contributed by atoms with E-state index in [9.17, 15) is 9.59 Å². The maximum atomic E-state index is 11.5. The van der Waals surface area contributed by atoms with Gasteiger partial charge in [0.05, 0.1) is 13.5 Å². The molecule has 148 valence electrons. The number of carbonyl (C=O) groups excluding carboxylic acids is 2. The standard InChI is InChI=1S/C24H34O3/c1-3-4-5-6-7-8-9-10-11-12-13-14-15-16-17-18-19-20-23(25)21-22-24(26)27-2/h4-5,7-8,10-11,13-14,16-17,19-20H,3,6,9,12,15,18,21-22H2,1-2H3/b5-4-,8-7-,11-10-,14-13-,17-16-,20-19-. The number of hydrogen-bond acceptors (Lipinski definition) is 3. The number of hydrogen-bond donors (Lipinski definition) is 0. The van der Waals surface area contributed by atoms with Crippen molar-refractivity contribution in [3.63, 3.8) is 0 Å². The molecule has 0 bridgehead atoms. The van der Waals surface area contributed by atoms with Crippen molar-refractivity contribution in [3.8, 4) is 0 Å². The fraction of sp³-hybridized carbons (Fsp3) is 0.417. The number of ether oxygens (including phenoxy) is 1. The molecule has 0 spiro atoms. The Labute approximate surface area is 164 Å². The Kier molecular flexibility index (Phi) is 18.1. The molecule has 0 aromatic heterocycles. The fourth-order valence-corrected chi connectivity index (χ4v) is 2.04. The monoisotopic (exact) mass is 370 g/mol.